The highest BCUT2D eigenvalue weighted by molar-refractivity contribution is 5.72. The Balaban J connectivity index is 1.86. The molecule has 25 heavy (non-hydrogen) atoms. The van der Waals surface area contributed by atoms with E-state index in [-0.39, 0.29) is 17.3 Å². The Kier molecular flexibility index (Phi) is 4.74. The van der Waals surface area contributed by atoms with Crippen molar-refractivity contribution < 1.29 is 4.92 Å². The molecule has 3 aromatic heterocycles. The highest BCUT2D eigenvalue weighted by Gasteiger charge is 2.23. The summed E-state index contributed by atoms with van der Waals surface area (Å²) < 4.78 is 0. The number of nitrogens with zero attached hydrogens (tertiary/aromatic N) is 5. The van der Waals surface area contributed by atoms with Gasteiger partial charge in [0.1, 0.15) is 12.1 Å². The Morgan fingerprint density at radius 2 is 1.96 bits per heavy atom. The third-order valence-corrected chi connectivity index (χ3v) is 3.35. The lowest BCUT2D eigenvalue weighted by atomic mass is 10.3. The van der Waals surface area contributed by atoms with Crippen LogP contribution in [0.5, 0.6) is 0 Å². The fourth-order valence-corrected chi connectivity index (χ4v) is 2.12. The number of aryl methyl sites for hydroxylation is 1. The summed E-state index contributed by atoms with van der Waals surface area (Å²) in [5.74, 6) is 0.661. The van der Waals surface area contributed by atoms with Gasteiger partial charge in [-0.25, -0.2) is 15.0 Å². The topological polar surface area (TPSA) is 119 Å². The first kappa shape index (κ1) is 16.2. The van der Waals surface area contributed by atoms with Crippen molar-refractivity contribution in [2.45, 2.75) is 13.5 Å². The van der Waals surface area contributed by atoms with Gasteiger partial charge in [-0.15, -0.1) is 0 Å². The van der Waals surface area contributed by atoms with Gasteiger partial charge in [0, 0.05) is 25.1 Å². The monoisotopic (exact) mass is 337 g/mol. The fraction of sp³-hybridized carbons (Fsp3) is 0.125. The third kappa shape index (κ3) is 4.02. The number of hydrogen-bond acceptors (Lipinski definition) is 8. The summed E-state index contributed by atoms with van der Waals surface area (Å²) in [6.45, 7) is 2.26. The van der Waals surface area contributed by atoms with Crippen LogP contribution in [0, 0.1) is 17.0 Å². The van der Waals surface area contributed by atoms with E-state index in [0.29, 0.717) is 12.4 Å². The molecule has 0 aliphatic heterocycles. The first-order valence-electron chi connectivity index (χ1n) is 7.45. The Morgan fingerprint density at radius 1 is 1.12 bits per heavy atom. The first-order chi connectivity index (χ1) is 12.1. The number of pyridine rings is 2. The number of hydrogen-bond donors (Lipinski definition) is 2. The van der Waals surface area contributed by atoms with Crippen LogP contribution in [-0.4, -0.2) is 24.9 Å². The molecule has 3 aromatic rings. The van der Waals surface area contributed by atoms with E-state index in [0.717, 1.165) is 11.1 Å². The quantitative estimate of drug-likeness (QED) is 0.520. The van der Waals surface area contributed by atoms with Crippen molar-refractivity contribution in [3.8, 4) is 0 Å². The van der Waals surface area contributed by atoms with Crippen LogP contribution in [0.25, 0.3) is 0 Å². The zero-order valence-electron chi connectivity index (χ0n) is 13.4. The lowest BCUT2D eigenvalue weighted by Crippen LogP contribution is -2.08. The number of aromatic nitrogens is 4. The zero-order valence-corrected chi connectivity index (χ0v) is 13.4. The molecule has 126 valence electrons. The smallest absolute Gasteiger partial charge is 0.353 e. The Morgan fingerprint density at radius 3 is 2.64 bits per heavy atom. The van der Waals surface area contributed by atoms with Crippen molar-refractivity contribution in [1.82, 2.24) is 19.9 Å². The second-order valence-corrected chi connectivity index (χ2v) is 5.24. The molecule has 3 heterocycles. The maximum atomic E-state index is 11.5. The maximum absolute atomic E-state index is 11.5. The van der Waals surface area contributed by atoms with Crippen LogP contribution in [0.4, 0.5) is 23.1 Å². The fourth-order valence-electron chi connectivity index (χ4n) is 2.12. The van der Waals surface area contributed by atoms with Gasteiger partial charge < -0.3 is 10.6 Å². The molecule has 0 saturated heterocycles. The van der Waals surface area contributed by atoms with Gasteiger partial charge >= 0.3 is 5.69 Å². The Labute approximate surface area is 143 Å². The first-order valence-corrected chi connectivity index (χ1v) is 7.45. The van der Waals surface area contributed by atoms with E-state index >= 15 is 0 Å². The van der Waals surface area contributed by atoms with Gasteiger partial charge in [0.05, 0.1) is 4.92 Å². The molecule has 0 fully saturated rings. The van der Waals surface area contributed by atoms with Crippen LogP contribution in [0.15, 0.2) is 49.2 Å². The van der Waals surface area contributed by atoms with Gasteiger partial charge in [0.2, 0.25) is 11.6 Å². The second kappa shape index (κ2) is 7.30. The van der Waals surface area contributed by atoms with Gasteiger partial charge in [0.15, 0.2) is 0 Å². The maximum Gasteiger partial charge on any atom is 0.353 e. The van der Waals surface area contributed by atoms with Crippen LogP contribution >= 0.6 is 0 Å². The van der Waals surface area contributed by atoms with E-state index < -0.39 is 4.92 Å². The van der Waals surface area contributed by atoms with Crippen LogP contribution in [-0.2, 0) is 6.54 Å². The van der Waals surface area contributed by atoms with Crippen molar-refractivity contribution >= 4 is 23.1 Å². The third-order valence-electron chi connectivity index (χ3n) is 3.35. The number of anilines is 3. The average molecular weight is 337 g/mol. The van der Waals surface area contributed by atoms with Crippen molar-refractivity contribution in [2.24, 2.45) is 0 Å². The van der Waals surface area contributed by atoms with E-state index in [1.807, 2.05) is 19.1 Å². The molecule has 0 aromatic carbocycles. The predicted molar refractivity (Wildman–Crippen MR) is 92.5 cm³/mol. The zero-order chi connectivity index (χ0) is 17.6. The van der Waals surface area contributed by atoms with E-state index in [4.69, 9.17) is 0 Å². The summed E-state index contributed by atoms with van der Waals surface area (Å²) in [6.07, 6.45) is 6.26. The number of nitrogens with one attached hydrogen (secondary N) is 2. The second-order valence-electron chi connectivity index (χ2n) is 5.24. The van der Waals surface area contributed by atoms with Crippen LogP contribution in [0.2, 0.25) is 0 Å². The van der Waals surface area contributed by atoms with Gasteiger partial charge in [0.25, 0.3) is 0 Å². The van der Waals surface area contributed by atoms with Crippen molar-refractivity contribution in [2.75, 3.05) is 10.6 Å². The molecular formula is C16H15N7O2. The van der Waals surface area contributed by atoms with Crippen molar-refractivity contribution in [3.63, 3.8) is 0 Å². The van der Waals surface area contributed by atoms with Crippen LogP contribution < -0.4 is 10.6 Å². The molecule has 0 radical (unpaired) electrons. The molecule has 0 amide bonds. The van der Waals surface area contributed by atoms with E-state index in [9.17, 15) is 10.1 Å². The molecule has 3 rings (SSSR count). The summed E-state index contributed by atoms with van der Waals surface area (Å²) in [6, 6.07) is 7.23. The predicted octanol–water partition coefficient (Wildman–Crippen LogP) is 2.84. The summed E-state index contributed by atoms with van der Waals surface area (Å²) in [4.78, 5) is 27.1. The standard InChI is InChI=1S/C16H15N7O2/c1-11-4-5-13(18-7-11)22-16-14(23(24)25)15(20-10-21-16)19-9-12-3-2-6-17-8-12/h2-8,10H,9H2,1H3,(H2,18,19,20,21,22). The normalized spacial score (nSPS) is 10.3. The van der Waals surface area contributed by atoms with Gasteiger partial charge in [-0.2, -0.15) is 0 Å². The molecule has 0 spiro atoms. The summed E-state index contributed by atoms with van der Waals surface area (Å²) in [5, 5.41) is 17.3. The van der Waals surface area contributed by atoms with Crippen LogP contribution in [0.1, 0.15) is 11.1 Å². The molecule has 0 atom stereocenters. The minimum Gasteiger partial charge on any atom is -0.360 e. The number of rotatable bonds is 6. The molecule has 2 N–H and O–H groups in total. The van der Waals surface area contributed by atoms with E-state index in [2.05, 4.69) is 30.6 Å². The molecule has 9 nitrogen and oxygen atoms in total. The minimum absolute atomic E-state index is 0.0741. The largest absolute Gasteiger partial charge is 0.360 e. The summed E-state index contributed by atoms with van der Waals surface area (Å²) >= 11 is 0. The average Bonchev–Trinajstić information content (AvgIpc) is 2.62. The van der Waals surface area contributed by atoms with Gasteiger partial charge in [-0.05, 0) is 30.2 Å². The summed E-state index contributed by atoms with van der Waals surface area (Å²) in [7, 11) is 0. The lowest BCUT2D eigenvalue weighted by Gasteiger charge is -2.09. The minimum atomic E-state index is -0.526. The molecule has 0 unspecified atom stereocenters. The van der Waals surface area contributed by atoms with E-state index in [1.54, 1.807) is 30.7 Å². The Hall–Kier alpha value is -3.62. The van der Waals surface area contributed by atoms with E-state index in [1.165, 1.54) is 6.33 Å². The highest BCUT2D eigenvalue weighted by Crippen LogP contribution is 2.30. The molecule has 9 heteroatoms. The van der Waals surface area contributed by atoms with Gasteiger partial charge in [-0.3, -0.25) is 15.1 Å². The molecular weight excluding hydrogens is 322 g/mol. The van der Waals surface area contributed by atoms with Crippen molar-refractivity contribution in [3.05, 3.63) is 70.4 Å². The molecule has 0 saturated carbocycles. The number of nitro groups is 1. The molecule has 0 bridgehead atoms. The van der Waals surface area contributed by atoms with Crippen molar-refractivity contribution in [1.29, 1.82) is 0 Å². The summed E-state index contributed by atoms with van der Waals surface area (Å²) in [5.41, 5.74) is 1.63. The Bertz CT molecular complexity index is 869. The lowest BCUT2D eigenvalue weighted by molar-refractivity contribution is -0.383. The highest BCUT2D eigenvalue weighted by atomic mass is 16.6. The molecule has 0 aliphatic rings. The van der Waals surface area contributed by atoms with Gasteiger partial charge in [-0.1, -0.05) is 12.1 Å². The van der Waals surface area contributed by atoms with Crippen LogP contribution in [0.3, 0.4) is 0 Å². The molecule has 0 aliphatic carbocycles. The SMILES string of the molecule is Cc1ccc(Nc2ncnc(NCc3cccnc3)c2[N+](=O)[O-])nc1.